The van der Waals surface area contributed by atoms with Crippen molar-refractivity contribution in [1.29, 1.82) is 0 Å². The molecule has 0 radical (unpaired) electrons. The molecule has 2 N–H and O–H groups in total. The van der Waals surface area contributed by atoms with Gasteiger partial charge in [0.05, 0.1) is 6.54 Å². The van der Waals surface area contributed by atoms with Gasteiger partial charge in [-0.05, 0) is 6.92 Å². The van der Waals surface area contributed by atoms with E-state index in [9.17, 15) is 19.2 Å². The molecule has 108 valence electrons. The van der Waals surface area contributed by atoms with Crippen LogP contribution in [0, 0.1) is 5.92 Å². The highest BCUT2D eigenvalue weighted by Gasteiger charge is 2.15. The minimum atomic E-state index is -0.438. The highest BCUT2D eigenvalue weighted by molar-refractivity contribution is 5.88. The molecule has 0 saturated heterocycles. The fourth-order valence-electron chi connectivity index (χ4n) is 1.45. The summed E-state index contributed by atoms with van der Waals surface area (Å²) in [6.45, 7) is 4.96. The zero-order valence-electron chi connectivity index (χ0n) is 11.7. The first-order valence-electron chi connectivity index (χ1n) is 6.42. The van der Waals surface area contributed by atoms with Crippen molar-refractivity contribution in [3.63, 3.8) is 0 Å². The third-order valence-electron chi connectivity index (χ3n) is 2.58. The monoisotopic (exact) mass is 270 g/mol. The number of hydrogen-bond donors (Lipinski definition) is 2. The van der Waals surface area contributed by atoms with Gasteiger partial charge in [-0.2, -0.15) is 0 Å². The van der Waals surface area contributed by atoms with Crippen LogP contribution in [0.2, 0.25) is 0 Å². The molecule has 19 heavy (non-hydrogen) atoms. The Balaban J connectivity index is 3.81. The Morgan fingerprint density at radius 2 is 1.74 bits per heavy atom. The summed E-state index contributed by atoms with van der Waals surface area (Å²) in [7, 11) is 0. The van der Waals surface area contributed by atoms with Gasteiger partial charge in [0.15, 0.2) is 0 Å². The molecule has 1 unspecified atom stereocenters. The largest absolute Gasteiger partial charge is 0.354 e. The van der Waals surface area contributed by atoms with Gasteiger partial charge >= 0.3 is 0 Å². The van der Waals surface area contributed by atoms with Gasteiger partial charge < -0.3 is 15.4 Å². The van der Waals surface area contributed by atoms with Crippen LogP contribution in [0.3, 0.4) is 0 Å². The van der Waals surface area contributed by atoms with E-state index < -0.39 is 5.92 Å². The molecule has 0 heterocycles. The molecule has 0 fully saturated rings. The second-order valence-corrected chi connectivity index (χ2v) is 4.52. The predicted molar refractivity (Wildman–Crippen MR) is 70.4 cm³/mol. The van der Waals surface area contributed by atoms with E-state index in [4.69, 9.17) is 0 Å². The maximum absolute atomic E-state index is 11.5. The Labute approximate surface area is 113 Å². The van der Waals surface area contributed by atoms with Crippen LogP contribution in [0.4, 0.5) is 0 Å². The van der Waals surface area contributed by atoms with E-state index in [-0.39, 0.29) is 42.9 Å². The molecule has 1 atom stereocenters. The van der Waals surface area contributed by atoms with Crippen molar-refractivity contribution in [1.82, 2.24) is 10.6 Å². The summed E-state index contributed by atoms with van der Waals surface area (Å²) in [6.07, 6.45) is 0.921. The molecule has 0 aromatic heterocycles. The van der Waals surface area contributed by atoms with Gasteiger partial charge in [-0.1, -0.05) is 13.8 Å². The number of ketones is 2. The number of carbonyl (C=O) groups excluding carboxylic acids is 4. The molecular formula is C13H22N2O4. The lowest BCUT2D eigenvalue weighted by Crippen LogP contribution is -2.39. The molecule has 0 aromatic rings. The van der Waals surface area contributed by atoms with Crippen molar-refractivity contribution in [3.8, 4) is 0 Å². The van der Waals surface area contributed by atoms with Crippen LogP contribution in [-0.2, 0) is 19.2 Å². The molecule has 0 aliphatic rings. The Morgan fingerprint density at radius 1 is 1.11 bits per heavy atom. The van der Waals surface area contributed by atoms with Crippen molar-refractivity contribution < 1.29 is 19.2 Å². The van der Waals surface area contributed by atoms with E-state index >= 15 is 0 Å². The summed E-state index contributed by atoms with van der Waals surface area (Å²) < 4.78 is 0. The van der Waals surface area contributed by atoms with E-state index in [1.165, 1.54) is 6.92 Å². The Morgan fingerprint density at radius 3 is 2.26 bits per heavy atom. The SMILES string of the molecule is CCC(=O)CCNC(=O)CNC(=O)C(C)CC(C)=O. The van der Waals surface area contributed by atoms with Crippen LogP contribution in [-0.4, -0.2) is 36.5 Å². The van der Waals surface area contributed by atoms with Crippen LogP contribution in [0.1, 0.15) is 40.0 Å². The number of amides is 2. The summed E-state index contributed by atoms with van der Waals surface area (Å²) >= 11 is 0. The van der Waals surface area contributed by atoms with Crippen molar-refractivity contribution in [2.24, 2.45) is 5.92 Å². The van der Waals surface area contributed by atoms with Crippen LogP contribution in [0.15, 0.2) is 0 Å². The standard InChI is InChI=1S/C13H22N2O4/c1-4-11(17)5-6-14-12(18)8-15-13(19)9(2)7-10(3)16/h9H,4-8H2,1-3H3,(H,14,18)(H,15,19). The summed E-state index contributed by atoms with van der Waals surface area (Å²) in [5.41, 5.74) is 0. The molecule has 6 nitrogen and oxygen atoms in total. The maximum atomic E-state index is 11.5. The minimum absolute atomic E-state index is 0.0646. The van der Waals surface area contributed by atoms with Crippen molar-refractivity contribution in [3.05, 3.63) is 0 Å². The predicted octanol–water partition coefficient (Wildman–Crippen LogP) is 0.203. The van der Waals surface area contributed by atoms with Gasteiger partial charge in [0.1, 0.15) is 11.6 Å². The molecule has 0 bridgehead atoms. The van der Waals surface area contributed by atoms with E-state index in [0.717, 1.165) is 0 Å². The van der Waals surface area contributed by atoms with Gasteiger partial charge in [0, 0.05) is 31.7 Å². The number of carbonyl (C=O) groups is 4. The zero-order chi connectivity index (χ0) is 14.8. The lowest BCUT2D eigenvalue weighted by molar-refractivity contribution is -0.130. The highest BCUT2D eigenvalue weighted by atomic mass is 16.2. The van der Waals surface area contributed by atoms with Gasteiger partial charge in [0.25, 0.3) is 0 Å². The second kappa shape index (κ2) is 9.24. The van der Waals surface area contributed by atoms with Gasteiger partial charge in [-0.3, -0.25) is 14.4 Å². The number of Topliss-reactive ketones (excluding diaryl/α,β-unsaturated/α-hetero) is 2. The zero-order valence-corrected chi connectivity index (χ0v) is 11.7. The fraction of sp³-hybridized carbons (Fsp3) is 0.692. The summed E-state index contributed by atoms with van der Waals surface area (Å²) in [5, 5.41) is 4.99. The summed E-state index contributed by atoms with van der Waals surface area (Å²) in [4.78, 5) is 44.7. The van der Waals surface area contributed by atoms with Crippen LogP contribution in [0.25, 0.3) is 0 Å². The van der Waals surface area contributed by atoms with Gasteiger partial charge in [-0.15, -0.1) is 0 Å². The first-order chi connectivity index (χ1) is 8.86. The van der Waals surface area contributed by atoms with Crippen LogP contribution < -0.4 is 10.6 Å². The lowest BCUT2D eigenvalue weighted by Gasteiger charge is -2.10. The third kappa shape index (κ3) is 8.93. The average Bonchev–Trinajstić information content (AvgIpc) is 2.34. The van der Waals surface area contributed by atoms with Crippen molar-refractivity contribution >= 4 is 23.4 Å². The van der Waals surface area contributed by atoms with E-state index in [1.54, 1.807) is 13.8 Å². The minimum Gasteiger partial charge on any atom is -0.354 e. The molecule has 0 spiro atoms. The second-order valence-electron chi connectivity index (χ2n) is 4.52. The Bertz CT molecular complexity index is 353. The topological polar surface area (TPSA) is 92.3 Å². The molecule has 0 aromatic carbocycles. The van der Waals surface area contributed by atoms with E-state index in [2.05, 4.69) is 10.6 Å². The van der Waals surface area contributed by atoms with Crippen molar-refractivity contribution in [2.75, 3.05) is 13.1 Å². The summed E-state index contributed by atoms with van der Waals surface area (Å²) in [5.74, 6) is -1.08. The number of rotatable bonds is 9. The molecule has 2 amide bonds. The van der Waals surface area contributed by atoms with Gasteiger partial charge in [-0.25, -0.2) is 0 Å². The summed E-state index contributed by atoms with van der Waals surface area (Å²) in [6, 6.07) is 0. The van der Waals surface area contributed by atoms with Gasteiger partial charge in [0.2, 0.25) is 11.8 Å². The molecule has 0 rings (SSSR count). The Hall–Kier alpha value is -1.72. The van der Waals surface area contributed by atoms with Crippen LogP contribution >= 0.6 is 0 Å². The molecular weight excluding hydrogens is 248 g/mol. The average molecular weight is 270 g/mol. The highest BCUT2D eigenvalue weighted by Crippen LogP contribution is 2.01. The lowest BCUT2D eigenvalue weighted by atomic mass is 10.1. The molecule has 0 saturated carbocycles. The molecule has 0 aliphatic heterocycles. The fourth-order valence-corrected chi connectivity index (χ4v) is 1.45. The van der Waals surface area contributed by atoms with Crippen molar-refractivity contribution in [2.45, 2.75) is 40.0 Å². The quantitative estimate of drug-likeness (QED) is 0.626. The number of hydrogen-bond acceptors (Lipinski definition) is 4. The smallest absolute Gasteiger partial charge is 0.239 e. The van der Waals surface area contributed by atoms with E-state index in [0.29, 0.717) is 12.8 Å². The van der Waals surface area contributed by atoms with E-state index in [1.807, 2.05) is 0 Å². The molecule has 0 aliphatic carbocycles. The molecule has 6 heteroatoms. The third-order valence-corrected chi connectivity index (χ3v) is 2.58. The first kappa shape index (κ1) is 17.3. The normalized spacial score (nSPS) is 11.5. The van der Waals surface area contributed by atoms with Crippen LogP contribution in [0.5, 0.6) is 0 Å². The number of nitrogens with one attached hydrogen (secondary N) is 2. The Kier molecular flexibility index (Phi) is 8.41. The first-order valence-corrected chi connectivity index (χ1v) is 6.42. The maximum Gasteiger partial charge on any atom is 0.239 e.